The summed E-state index contributed by atoms with van der Waals surface area (Å²) in [5.41, 5.74) is 8.01. The molecular formula is C16H19N3O. The zero-order chi connectivity index (χ0) is 14.7. The number of nitrogen functional groups attached to an aromatic ring is 1. The van der Waals surface area contributed by atoms with Crippen LogP contribution in [-0.4, -0.2) is 5.91 Å². The number of aryl methyl sites for hydroxylation is 3. The molecule has 20 heavy (non-hydrogen) atoms. The molecule has 4 heteroatoms. The Morgan fingerprint density at radius 3 is 2.20 bits per heavy atom. The van der Waals surface area contributed by atoms with Crippen LogP contribution in [0.3, 0.4) is 0 Å². The highest BCUT2D eigenvalue weighted by atomic mass is 16.1. The van der Waals surface area contributed by atoms with E-state index in [2.05, 4.69) is 10.7 Å². The maximum Gasteiger partial charge on any atom is 0.255 e. The first-order valence-electron chi connectivity index (χ1n) is 6.47. The van der Waals surface area contributed by atoms with Gasteiger partial charge in [0.05, 0.1) is 5.69 Å². The number of hydrogen-bond donors (Lipinski definition) is 3. The molecule has 2 rings (SSSR count). The smallest absolute Gasteiger partial charge is 0.255 e. The third-order valence-electron chi connectivity index (χ3n) is 3.27. The first-order valence-corrected chi connectivity index (χ1v) is 6.47. The topological polar surface area (TPSA) is 67.2 Å². The van der Waals surface area contributed by atoms with Crippen LogP contribution in [0.5, 0.6) is 0 Å². The van der Waals surface area contributed by atoms with Gasteiger partial charge in [-0.25, -0.2) is 0 Å². The average molecular weight is 269 g/mol. The van der Waals surface area contributed by atoms with Crippen LogP contribution in [0.25, 0.3) is 0 Å². The molecule has 0 bridgehead atoms. The zero-order valence-electron chi connectivity index (χ0n) is 11.9. The Hall–Kier alpha value is -2.33. The van der Waals surface area contributed by atoms with Gasteiger partial charge < -0.3 is 10.7 Å². The van der Waals surface area contributed by atoms with E-state index in [1.54, 1.807) is 12.1 Å². The van der Waals surface area contributed by atoms with E-state index in [4.69, 9.17) is 5.84 Å². The maximum absolute atomic E-state index is 12.2. The van der Waals surface area contributed by atoms with E-state index in [1.807, 2.05) is 45.0 Å². The number of anilines is 2. The van der Waals surface area contributed by atoms with Gasteiger partial charge in [-0.2, -0.15) is 0 Å². The molecule has 0 aliphatic heterocycles. The second-order valence-electron chi connectivity index (χ2n) is 4.95. The third-order valence-corrected chi connectivity index (χ3v) is 3.27. The van der Waals surface area contributed by atoms with Crippen molar-refractivity contribution >= 4 is 17.3 Å². The lowest BCUT2D eigenvalue weighted by atomic mass is 10.1. The number of nitrogens with two attached hydrogens (primary N) is 1. The van der Waals surface area contributed by atoms with Gasteiger partial charge in [-0.15, -0.1) is 0 Å². The molecule has 0 radical (unpaired) electrons. The zero-order valence-corrected chi connectivity index (χ0v) is 11.9. The molecule has 0 atom stereocenters. The summed E-state index contributed by atoms with van der Waals surface area (Å²) in [6.45, 7) is 5.92. The number of hydrogen-bond acceptors (Lipinski definition) is 3. The molecule has 0 saturated carbocycles. The molecule has 104 valence electrons. The number of amides is 1. The van der Waals surface area contributed by atoms with E-state index in [0.717, 1.165) is 22.5 Å². The summed E-state index contributed by atoms with van der Waals surface area (Å²) in [6, 6.07) is 11.3. The van der Waals surface area contributed by atoms with E-state index in [1.165, 1.54) is 5.56 Å². The second-order valence-corrected chi connectivity index (χ2v) is 4.95. The molecule has 0 aliphatic carbocycles. The van der Waals surface area contributed by atoms with Crippen molar-refractivity contribution in [2.75, 3.05) is 10.7 Å². The van der Waals surface area contributed by atoms with Crippen LogP contribution in [0.4, 0.5) is 11.4 Å². The van der Waals surface area contributed by atoms with E-state index < -0.39 is 0 Å². The summed E-state index contributed by atoms with van der Waals surface area (Å²) < 4.78 is 0. The summed E-state index contributed by atoms with van der Waals surface area (Å²) in [5.74, 6) is 5.26. The summed E-state index contributed by atoms with van der Waals surface area (Å²) in [5, 5.41) is 2.93. The van der Waals surface area contributed by atoms with Crippen molar-refractivity contribution in [2.24, 2.45) is 5.84 Å². The Kier molecular flexibility index (Phi) is 4.05. The van der Waals surface area contributed by atoms with Crippen LogP contribution in [0.15, 0.2) is 36.4 Å². The molecule has 0 aromatic heterocycles. The fourth-order valence-electron chi connectivity index (χ4n) is 2.12. The molecule has 2 aromatic rings. The molecule has 4 nitrogen and oxygen atoms in total. The monoisotopic (exact) mass is 269 g/mol. The normalized spacial score (nSPS) is 10.2. The summed E-state index contributed by atoms with van der Waals surface area (Å²) in [4.78, 5) is 12.2. The molecule has 2 aromatic carbocycles. The molecule has 0 unspecified atom stereocenters. The third kappa shape index (κ3) is 2.97. The lowest BCUT2D eigenvalue weighted by molar-refractivity contribution is 0.102. The Bertz CT molecular complexity index is 650. The van der Waals surface area contributed by atoms with E-state index in [9.17, 15) is 4.79 Å². The first-order chi connectivity index (χ1) is 9.51. The van der Waals surface area contributed by atoms with Crippen molar-refractivity contribution < 1.29 is 4.79 Å². The Morgan fingerprint density at radius 2 is 1.60 bits per heavy atom. The fraction of sp³-hybridized carbons (Fsp3) is 0.188. The van der Waals surface area contributed by atoms with Gasteiger partial charge in [-0.3, -0.25) is 10.6 Å². The van der Waals surface area contributed by atoms with Gasteiger partial charge in [-0.1, -0.05) is 17.7 Å². The van der Waals surface area contributed by atoms with Crippen molar-refractivity contribution in [3.63, 3.8) is 0 Å². The minimum atomic E-state index is -0.122. The van der Waals surface area contributed by atoms with E-state index in [0.29, 0.717) is 5.56 Å². The summed E-state index contributed by atoms with van der Waals surface area (Å²) >= 11 is 0. The average Bonchev–Trinajstić information content (AvgIpc) is 2.41. The number of carbonyl (C=O) groups is 1. The van der Waals surface area contributed by atoms with Gasteiger partial charge in [0, 0.05) is 11.3 Å². The number of benzene rings is 2. The van der Waals surface area contributed by atoms with Crippen LogP contribution in [0.2, 0.25) is 0 Å². The van der Waals surface area contributed by atoms with Crippen molar-refractivity contribution in [2.45, 2.75) is 20.8 Å². The number of nitrogens with one attached hydrogen (secondary N) is 2. The number of hydrazine groups is 1. The largest absolute Gasteiger partial charge is 0.324 e. The summed E-state index contributed by atoms with van der Waals surface area (Å²) in [7, 11) is 0. The number of rotatable bonds is 3. The molecule has 0 heterocycles. The minimum absolute atomic E-state index is 0.122. The van der Waals surface area contributed by atoms with Crippen LogP contribution < -0.4 is 16.6 Å². The number of carbonyl (C=O) groups excluding carboxylic acids is 1. The lowest BCUT2D eigenvalue weighted by Gasteiger charge is -2.11. The van der Waals surface area contributed by atoms with Gasteiger partial charge in [-0.05, 0) is 56.2 Å². The van der Waals surface area contributed by atoms with Crippen LogP contribution in [-0.2, 0) is 0 Å². The van der Waals surface area contributed by atoms with Crippen molar-refractivity contribution in [1.29, 1.82) is 0 Å². The quantitative estimate of drug-likeness (QED) is 0.592. The highest BCUT2D eigenvalue weighted by Gasteiger charge is 2.09. The van der Waals surface area contributed by atoms with Gasteiger partial charge >= 0.3 is 0 Å². The van der Waals surface area contributed by atoms with E-state index in [-0.39, 0.29) is 5.91 Å². The van der Waals surface area contributed by atoms with Crippen molar-refractivity contribution in [3.8, 4) is 0 Å². The van der Waals surface area contributed by atoms with Gasteiger partial charge in [0.25, 0.3) is 5.91 Å². The molecule has 0 aliphatic rings. The predicted octanol–water partition coefficient (Wildman–Crippen LogP) is 3.15. The lowest BCUT2D eigenvalue weighted by Crippen LogP contribution is -2.14. The Morgan fingerprint density at radius 1 is 0.950 bits per heavy atom. The highest BCUT2D eigenvalue weighted by molar-refractivity contribution is 6.05. The molecule has 0 saturated heterocycles. The molecule has 1 amide bonds. The standard InChI is InChI=1S/C16H19N3O/c1-10-4-6-14(11(2)8-10)18-16(20)13-5-7-15(19-17)12(3)9-13/h4-9,19H,17H2,1-3H3,(H,18,20). The van der Waals surface area contributed by atoms with Crippen LogP contribution in [0, 0.1) is 20.8 Å². The second kappa shape index (κ2) is 5.75. The van der Waals surface area contributed by atoms with Gasteiger partial charge in [0.1, 0.15) is 0 Å². The maximum atomic E-state index is 12.2. The van der Waals surface area contributed by atoms with Crippen LogP contribution >= 0.6 is 0 Å². The fourth-order valence-corrected chi connectivity index (χ4v) is 2.12. The highest BCUT2D eigenvalue weighted by Crippen LogP contribution is 2.19. The SMILES string of the molecule is Cc1ccc(NC(=O)c2ccc(NN)c(C)c2)c(C)c1. The minimum Gasteiger partial charge on any atom is -0.324 e. The van der Waals surface area contributed by atoms with E-state index >= 15 is 0 Å². The first kappa shape index (κ1) is 14.1. The Balaban J connectivity index is 2.21. The predicted molar refractivity (Wildman–Crippen MR) is 82.9 cm³/mol. The van der Waals surface area contributed by atoms with Crippen LogP contribution in [0.1, 0.15) is 27.0 Å². The van der Waals surface area contributed by atoms with Crippen molar-refractivity contribution in [3.05, 3.63) is 58.7 Å². The van der Waals surface area contributed by atoms with Gasteiger partial charge in [0.15, 0.2) is 0 Å². The molecule has 4 N–H and O–H groups in total. The Labute approximate surface area is 119 Å². The van der Waals surface area contributed by atoms with Gasteiger partial charge in [0.2, 0.25) is 0 Å². The molecule has 0 fully saturated rings. The summed E-state index contributed by atoms with van der Waals surface area (Å²) in [6.07, 6.45) is 0. The van der Waals surface area contributed by atoms with Crippen molar-refractivity contribution in [1.82, 2.24) is 0 Å². The molecule has 0 spiro atoms. The molecular weight excluding hydrogens is 250 g/mol.